The van der Waals surface area contributed by atoms with Gasteiger partial charge in [-0.25, -0.2) is 0 Å². The van der Waals surface area contributed by atoms with Crippen LogP contribution in [0, 0.1) is 0 Å². The molecule has 0 aromatic heterocycles. The Morgan fingerprint density at radius 2 is 2.58 bits per heavy atom. The van der Waals surface area contributed by atoms with Gasteiger partial charge in [-0.3, -0.25) is 10.1 Å². The lowest BCUT2D eigenvalue weighted by atomic mass is 10.0. The average molecular weight is 182 g/mol. The predicted octanol–water partition coefficient (Wildman–Crippen LogP) is 0.348. The number of carbonyl (C=O) groups excluding carboxylic acids is 1. The summed E-state index contributed by atoms with van der Waals surface area (Å²) in [4.78, 5) is 12.1. The van der Waals surface area contributed by atoms with Gasteiger partial charge < -0.3 is 5.73 Å². The summed E-state index contributed by atoms with van der Waals surface area (Å²) in [5, 5.41) is 3.29. The lowest BCUT2D eigenvalue weighted by Crippen LogP contribution is -2.26. The number of rotatable bonds is 1. The van der Waals surface area contributed by atoms with Gasteiger partial charge in [0.15, 0.2) is 0 Å². The van der Waals surface area contributed by atoms with Gasteiger partial charge in [-0.05, 0) is 6.42 Å². The van der Waals surface area contributed by atoms with E-state index in [2.05, 4.69) is 5.32 Å². The molecular formula is C8H10N2OS. The topological polar surface area (TPSA) is 55.1 Å². The fraction of sp³-hybridized carbons (Fsp3) is 0.375. The van der Waals surface area contributed by atoms with Crippen LogP contribution in [0.5, 0.6) is 0 Å². The molecule has 0 spiro atoms. The minimum atomic E-state index is -0.317. The molecular weight excluding hydrogens is 172 g/mol. The van der Waals surface area contributed by atoms with Gasteiger partial charge in [0.05, 0.1) is 0 Å². The molecule has 1 unspecified atom stereocenters. The Morgan fingerprint density at radius 3 is 3.33 bits per heavy atom. The predicted molar refractivity (Wildman–Crippen MR) is 49.4 cm³/mol. The second kappa shape index (κ2) is 2.95. The Kier molecular flexibility index (Phi) is 1.94. The number of amides is 1. The first-order valence-corrected chi connectivity index (χ1v) is 4.84. The Morgan fingerprint density at radius 1 is 1.75 bits per heavy atom. The first-order chi connectivity index (χ1) is 5.79. The van der Waals surface area contributed by atoms with Gasteiger partial charge in [0.25, 0.3) is 0 Å². The zero-order valence-corrected chi connectivity index (χ0v) is 7.36. The van der Waals surface area contributed by atoms with Crippen LogP contribution in [0.4, 0.5) is 0 Å². The number of thioether (sulfide) groups is 1. The number of nitrogens with one attached hydrogen (secondary N) is 1. The van der Waals surface area contributed by atoms with Crippen LogP contribution in [-0.2, 0) is 4.79 Å². The third-order valence-corrected chi connectivity index (χ3v) is 3.19. The zero-order chi connectivity index (χ0) is 8.55. The summed E-state index contributed by atoms with van der Waals surface area (Å²) in [5.74, 6) is 0.570. The van der Waals surface area contributed by atoms with Crippen molar-refractivity contribution >= 4 is 17.7 Å². The van der Waals surface area contributed by atoms with Gasteiger partial charge >= 0.3 is 0 Å². The van der Waals surface area contributed by atoms with Crippen molar-refractivity contribution in [2.45, 2.75) is 12.5 Å². The van der Waals surface area contributed by atoms with Crippen molar-refractivity contribution in [1.82, 2.24) is 5.32 Å². The second-order valence-electron chi connectivity index (χ2n) is 2.83. The van der Waals surface area contributed by atoms with Crippen LogP contribution in [0.15, 0.2) is 22.6 Å². The van der Waals surface area contributed by atoms with E-state index in [0.717, 1.165) is 17.2 Å². The highest BCUT2D eigenvalue weighted by Crippen LogP contribution is 2.33. The highest BCUT2D eigenvalue weighted by molar-refractivity contribution is 8.03. The van der Waals surface area contributed by atoms with Gasteiger partial charge in [0.2, 0.25) is 5.91 Å². The zero-order valence-electron chi connectivity index (χ0n) is 6.54. The first-order valence-electron chi connectivity index (χ1n) is 3.86. The van der Waals surface area contributed by atoms with E-state index in [4.69, 9.17) is 5.73 Å². The number of hydrogen-bond donors (Lipinski definition) is 2. The van der Waals surface area contributed by atoms with Crippen molar-refractivity contribution in [1.29, 1.82) is 0 Å². The van der Waals surface area contributed by atoms with Crippen LogP contribution in [-0.4, -0.2) is 17.8 Å². The maximum absolute atomic E-state index is 11.0. The molecule has 1 saturated heterocycles. The van der Waals surface area contributed by atoms with E-state index in [1.54, 1.807) is 11.8 Å². The summed E-state index contributed by atoms with van der Waals surface area (Å²) in [6.45, 7) is 0. The fourth-order valence-electron chi connectivity index (χ4n) is 1.48. The molecule has 0 radical (unpaired) electrons. The number of hydrogen-bond acceptors (Lipinski definition) is 3. The largest absolute Gasteiger partial charge is 0.366 e. The maximum Gasteiger partial charge on any atom is 0.249 e. The molecule has 1 heterocycles. The second-order valence-corrected chi connectivity index (χ2v) is 3.84. The summed E-state index contributed by atoms with van der Waals surface area (Å²) in [6.07, 6.45) is 4.79. The standard InChI is InChI=1S/C8H10N2OS/c9-8(11)5-2-1-3-6-7(5)12-4-10-6/h1-2,6,10H,3-4H2,(H2,9,11). The molecule has 1 amide bonds. The normalized spacial score (nSPS) is 27.5. The first kappa shape index (κ1) is 7.89. The van der Waals surface area contributed by atoms with Crippen molar-refractivity contribution in [3.05, 3.63) is 22.6 Å². The molecule has 0 aromatic carbocycles. The minimum Gasteiger partial charge on any atom is -0.366 e. The Bertz CT molecular complexity index is 283. The molecule has 1 atom stereocenters. The molecule has 2 aliphatic rings. The maximum atomic E-state index is 11.0. The minimum absolute atomic E-state index is 0.317. The van der Waals surface area contributed by atoms with E-state index in [1.807, 2.05) is 12.2 Å². The lowest BCUT2D eigenvalue weighted by molar-refractivity contribution is -0.114. The fourth-order valence-corrected chi connectivity index (χ4v) is 2.62. The molecule has 3 N–H and O–H groups in total. The smallest absolute Gasteiger partial charge is 0.249 e. The molecule has 2 rings (SSSR count). The van der Waals surface area contributed by atoms with Crippen LogP contribution in [0.25, 0.3) is 0 Å². The van der Waals surface area contributed by atoms with Crippen LogP contribution in [0.2, 0.25) is 0 Å². The number of nitrogens with two attached hydrogens (primary N) is 1. The average Bonchev–Trinajstić information content (AvgIpc) is 2.49. The molecule has 1 aliphatic carbocycles. The summed E-state index contributed by atoms with van der Waals surface area (Å²) in [6, 6.07) is 0.336. The van der Waals surface area contributed by atoms with Crippen molar-refractivity contribution in [3.8, 4) is 0 Å². The summed E-state index contributed by atoms with van der Waals surface area (Å²) in [5.41, 5.74) is 5.92. The lowest BCUT2D eigenvalue weighted by Gasteiger charge is -2.15. The Hall–Kier alpha value is -0.740. The van der Waals surface area contributed by atoms with Gasteiger partial charge in [-0.15, -0.1) is 11.8 Å². The molecule has 0 aromatic rings. The summed E-state index contributed by atoms with van der Waals surface area (Å²) < 4.78 is 0. The Balaban J connectivity index is 2.38. The van der Waals surface area contributed by atoms with E-state index in [0.29, 0.717) is 11.6 Å². The third-order valence-electron chi connectivity index (χ3n) is 2.06. The van der Waals surface area contributed by atoms with Gasteiger partial charge in [-0.1, -0.05) is 12.2 Å². The molecule has 64 valence electrons. The highest BCUT2D eigenvalue weighted by atomic mass is 32.2. The monoisotopic (exact) mass is 182 g/mol. The molecule has 1 aliphatic heterocycles. The van der Waals surface area contributed by atoms with E-state index < -0.39 is 0 Å². The molecule has 3 nitrogen and oxygen atoms in total. The van der Waals surface area contributed by atoms with Crippen LogP contribution >= 0.6 is 11.8 Å². The Labute approximate surface area is 75.1 Å². The van der Waals surface area contributed by atoms with Crippen molar-refractivity contribution in [2.75, 3.05) is 5.88 Å². The van der Waals surface area contributed by atoms with Crippen molar-refractivity contribution in [2.24, 2.45) is 5.73 Å². The molecule has 12 heavy (non-hydrogen) atoms. The number of carbonyl (C=O) groups is 1. The molecule has 1 fully saturated rings. The van der Waals surface area contributed by atoms with Crippen LogP contribution in [0.1, 0.15) is 6.42 Å². The van der Waals surface area contributed by atoms with E-state index in [-0.39, 0.29) is 5.91 Å². The quantitative estimate of drug-likeness (QED) is 0.615. The van der Waals surface area contributed by atoms with Gasteiger partial charge in [0, 0.05) is 22.4 Å². The SMILES string of the molecule is NC(=O)C1=C2SCNC2CC=C1. The summed E-state index contributed by atoms with van der Waals surface area (Å²) in [7, 11) is 0. The van der Waals surface area contributed by atoms with E-state index in [9.17, 15) is 4.79 Å². The van der Waals surface area contributed by atoms with E-state index >= 15 is 0 Å². The van der Waals surface area contributed by atoms with Crippen LogP contribution < -0.4 is 11.1 Å². The number of fused-ring (bicyclic) bond motifs is 1. The van der Waals surface area contributed by atoms with Crippen molar-refractivity contribution in [3.63, 3.8) is 0 Å². The third kappa shape index (κ3) is 1.17. The summed E-state index contributed by atoms with van der Waals surface area (Å²) >= 11 is 1.68. The van der Waals surface area contributed by atoms with Gasteiger partial charge in [0.1, 0.15) is 0 Å². The van der Waals surface area contributed by atoms with E-state index in [1.165, 1.54) is 0 Å². The highest BCUT2D eigenvalue weighted by Gasteiger charge is 2.26. The van der Waals surface area contributed by atoms with Crippen molar-refractivity contribution < 1.29 is 4.79 Å². The van der Waals surface area contributed by atoms with Crippen LogP contribution in [0.3, 0.4) is 0 Å². The molecule has 4 heteroatoms. The van der Waals surface area contributed by atoms with Gasteiger partial charge in [-0.2, -0.15) is 0 Å². The number of primary amides is 1. The molecule has 0 saturated carbocycles. The molecule has 0 bridgehead atoms.